The van der Waals surface area contributed by atoms with Gasteiger partial charge in [-0.2, -0.15) is 0 Å². The van der Waals surface area contributed by atoms with E-state index in [1.54, 1.807) is 0 Å². The molecule has 0 amide bonds. The first-order valence-electron chi connectivity index (χ1n) is 2.52. The fraction of sp³-hybridized carbons (Fsp3) is 0.800. The van der Waals surface area contributed by atoms with Crippen molar-refractivity contribution >= 4 is 0 Å². The fourth-order valence-corrected chi connectivity index (χ4v) is 0.362. The molecule has 0 atom stereocenters. The summed E-state index contributed by atoms with van der Waals surface area (Å²) in [5.74, 6) is 0. The summed E-state index contributed by atoms with van der Waals surface area (Å²) in [6, 6.07) is 0. The summed E-state index contributed by atoms with van der Waals surface area (Å²) in [5.41, 5.74) is 0. The maximum absolute atomic E-state index is 8.24. The molecule has 2 nitrogen and oxygen atoms in total. The Labute approximate surface area is 44.5 Å². The molecular weight excluding hydrogens is 90.1 g/mol. The van der Waals surface area contributed by atoms with Crippen molar-refractivity contribution in [3.8, 4) is 0 Å². The zero-order valence-corrected chi connectivity index (χ0v) is 4.48. The van der Waals surface area contributed by atoms with Gasteiger partial charge in [-0.1, -0.05) is 0 Å². The van der Waals surface area contributed by atoms with Gasteiger partial charge in [0.1, 0.15) is 0 Å². The molecule has 0 aromatic heterocycles. The number of nitrogens with one attached hydrogen (secondary N) is 1. The Balaban J connectivity index is 2.45. The molecule has 43 valence electrons. The Morgan fingerprint density at radius 1 is 1.43 bits per heavy atom. The van der Waals surface area contributed by atoms with Crippen LogP contribution in [0.4, 0.5) is 0 Å². The number of hydrogen-bond donors (Lipinski definition) is 2. The summed E-state index contributed by atoms with van der Waals surface area (Å²) in [5, 5.41) is 11.0. The Bertz CT molecular complexity index is 27.3. The Morgan fingerprint density at radius 2 is 2.14 bits per heavy atom. The van der Waals surface area contributed by atoms with E-state index >= 15 is 0 Å². The summed E-state index contributed by atoms with van der Waals surface area (Å²) in [6.45, 7) is 1.20. The zero-order valence-electron chi connectivity index (χ0n) is 4.48. The largest absolute Gasteiger partial charge is 0.396 e. The molecule has 0 saturated heterocycles. The van der Waals surface area contributed by atoms with Gasteiger partial charge in [-0.3, -0.25) is 0 Å². The topological polar surface area (TPSA) is 32.3 Å². The van der Waals surface area contributed by atoms with Gasteiger partial charge in [-0.15, -0.1) is 0 Å². The summed E-state index contributed by atoms with van der Waals surface area (Å²) < 4.78 is 0. The molecule has 0 rings (SSSR count). The standard InChI is InChI=1S/C5H12NO/c1-6-4-2-3-5-7/h6-7H,1-5H2. The highest BCUT2D eigenvalue weighted by atomic mass is 16.2. The number of aliphatic hydroxyl groups excluding tert-OH is 1. The third-order valence-electron chi connectivity index (χ3n) is 0.762. The van der Waals surface area contributed by atoms with Gasteiger partial charge in [-0.25, -0.2) is 0 Å². The molecule has 0 unspecified atom stereocenters. The minimum absolute atomic E-state index is 0.293. The van der Waals surface area contributed by atoms with E-state index in [1.165, 1.54) is 0 Å². The first-order valence-corrected chi connectivity index (χ1v) is 2.52. The van der Waals surface area contributed by atoms with Crippen LogP contribution in [0.3, 0.4) is 0 Å². The molecule has 0 aromatic carbocycles. The lowest BCUT2D eigenvalue weighted by molar-refractivity contribution is 0.284. The van der Waals surface area contributed by atoms with Crippen molar-refractivity contribution in [1.29, 1.82) is 0 Å². The van der Waals surface area contributed by atoms with Crippen LogP contribution in [0.5, 0.6) is 0 Å². The summed E-state index contributed by atoms with van der Waals surface area (Å²) in [7, 11) is 3.43. The van der Waals surface area contributed by atoms with Gasteiger partial charge >= 0.3 is 0 Å². The van der Waals surface area contributed by atoms with Crippen LogP contribution in [0, 0.1) is 7.05 Å². The average molecular weight is 102 g/mol. The van der Waals surface area contributed by atoms with Crippen LogP contribution in [0.25, 0.3) is 0 Å². The minimum atomic E-state index is 0.293. The lowest BCUT2D eigenvalue weighted by Gasteiger charge is -1.92. The molecule has 1 radical (unpaired) electrons. The highest BCUT2D eigenvalue weighted by molar-refractivity contribution is 4.42. The number of hydrogen-bond acceptors (Lipinski definition) is 2. The number of rotatable bonds is 4. The number of aliphatic hydroxyl groups is 1. The van der Waals surface area contributed by atoms with E-state index < -0.39 is 0 Å². The molecule has 0 spiro atoms. The van der Waals surface area contributed by atoms with Crippen molar-refractivity contribution in [1.82, 2.24) is 5.32 Å². The van der Waals surface area contributed by atoms with E-state index in [0.717, 1.165) is 19.4 Å². The van der Waals surface area contributed by atoms with Crippen molar-refractivity contribution in [3.05, 3.63) is 7.05 Å². The molecule has 0 fully saturated rings. The maximum atomic E-state index is 8.24. The Morgan fingerprint density at radius 3 is 2.57 bits per heavy atom. The van der Waals surface area contributed by atoms with E-state index in [-0.39, 0.29) is 0 Å². The minimum Gasteiger partial charge on any atom is -0.396 e. The predicted octanol–water partition coefficient (Wildman–Crippen LogP) is 0.140. The maximum Gasteiger partial charge on any atom is 0.0431 e. The van der Waals surface area contributed by atoms with Crippen LogP contribution in [0.1, 0.15) is 12.8 Å². The van der Waals surface area contributed by atoms with E-state index in [4.69, 9.17) is 5.11 Å². The van der Waals surface area contributed by atoms with Gasteiger partial charge in [0.2, 0.25) is 0 Å². The molecule has 0 saturated carbocycles. The molecule has 7 heavy (non-hydrogen) atoms. The smallest absolute Gasteiger partial charge is 0.0431 e. The Kier molecular flexibility index (Phi) is 5.85. The van der Waals surface area contributed by atoms with Gasteiger partial charge < -0.3 is 10.4 Å². The van der Waals surface area contributed by atoms with E-state index in [9.17, 15) is 0 Å². The third kappa shape index (κ3) is 5.92. The van der Waals surface area contributed by atoms with Crippen molar-refractivity contribution in [2.24, 2.45) is 0 Å². The van der Waals surface area contributed by atoms with Crippen LogP contribution >= 0.6 is 0 Å². The van der Waals surface area contributed by atoms with Crippen molar-refractivity contribution in [2.75, 3.05) is 13.2 Å². The second kappa shape index (κ2) is 5.92. The lowest BCUT2D eigenvalue weighted by Crippen LogP contribution is -2.04. The van der Waals surface area contributed by atoms with Gasteiger partial charge in [0.15, 0.2) is 0 Å². The van der Waals surface area contributed by atoms with Crippen LogP contribution in [-0.2, 0) is 0 Å². The summed E-state index contributed by atoms with van der Waals surface area (Å²) >= 11 is 0. The number of unbranched alkanes of at least 4 members (excludes halogenated alkanes) is 1. The third-order valence-corrected chi connectivity index (χ3v) is 0.762. The second-order valence-electron chi connectivity index (χ2n) is 1.43. The van der Waals surface area contributed by atoms with Crippen LogP contribution in [0.2, 0.25) is 0 Å². The van der Waals surface area contributed by atoms with Crippen LogP contribution in [-0.4, -0.2) is 18.3 Å². The monoisotopic (exact) mass is 102 g/mol. The molecule has 0 aliphatic carbocycles. The van der Waals surface area contributed by atoms with Gasteiger partial charge in [0.25, 0.3) is 0 Å². The predicted molar refractivity (Wildman–Crippen MR) is 29.7 cm³/mol. The zero-order chi connectivity index (χ0) is 5.54. The molecule has 0 bridgehead atoms. The summed E-state index contributed by atoms with van der Waals surface area (Å²) in [6.07, 6.45) is 1.89. The summed E-state index contributed by atoms with van der Waals surface area (Å²) in [4.78, 5) is 0. The molecule has 2 N–H and O–H groups in total. The molecule has 0 heterocycles. The normalized spacial score (nSPS) is 9.43. The molecule has 0 aliphatic heterocycles. The average Bonchev–Trinajstić information content (AvgIpc) is 1.69. The quantitative estimate of drug-likeness (QED) is 0.495. The lowest BCUT2D eigenvalue weighted by atomic mass is 10.3. The first kappa shape index (κ1) is 6.92. The fourth-order valence-electron chi connectivity index (χ4n) is 0.362. The molecular formula is C5H12NO. The van der Waals surface area contributed by atoms with E-state index in [0.29, 0.717) is 6.61 Å². The van der Waals surface area contributed by atoms with Crippen molar-refractivity contribution in [3.63, 3.8) is 0 Å². The van der Waals surface area contributed by atoms with Crippen molar-refractivity contribution < 1.29 is 5.11 Å². The first-order chi connectivity index (χ1) is 3.41. The van der Waals surface area contributed by atoms with Crippen molar-refractivity contribution in [2.45, 2.75) is 12.8 Å². The second-order valence-corrected chi connectivity index (χ2v) is 1.43. The van der Waals surface area contributed by atoms with E-state index in [1.807, 2.05) is 0 Å². The van der Waals surface area contributed by atoms with Crippen LogP contribution < -0.4 is 5.32 Å². The SMILES string of the molecule is [CH2]NCCCCO. The van der Waals surface area contributed by atoms with Crippen LogP contribution in [0.15, 0.2) is 0 Å². The Hall–Kier alpha value is -0.0800. The van der Waals surface area contributed by atoms with Gasteiger partial charge in [0.05, 0.1) is 0 Å². The molecule has 0 aromatic rings. The highest BCUT2D eigenvalue weighted by Gasteiger charge is 1.79. The van der Waals surface area contributed by atoms with E-state index in [2.05, 4.69) is 12.4 Å². The van der Waals surface area contributed by atoms with Gasteiger partial charge in [-0.05, 0) is 19.4 Å². The van der Waals surface area contributed by atoms with Gasteiger partial charge in [0, 0.05) is 13.7 Å². The highest BCUT2D eigenvalue weighted by Crippen LogP contribution is 1.81. The molecule has 0 aliphatic rings. The molecule has 2 heteroatoms.